The molecule has 0 aliphatic heterocycles. The second kappa shape index (κ2) is 8.00. The number of pyridine rings is 1. The SMILES string of the molecule is COC(=O)c1cc(C=Cc2ccc3c(C(C)=O)ccc(O)c3n2)c([N+](=O)[O-])cc1O. The number of fused-ring (bicyclic) bond motifs is 1. The lowest BCUT2D eigenvalue weighted by Gasteiger charge is -2.07. The Kier molecular flexibility index (Phi) is 5.45. The molecule has 0 bridgehead atoms. The lowest BCUT2D eigenvalue weighted by molar-refractivity contribution is -0.385. The van der Waals surface area contributed by atoms with Gasteiger partial charge in [0.2, 0.25) is 0 Å². The molecule has 1 heterocycles. The molecule has 30 heavy (non-hydrogen) atoms. The number of ether oxygens (including phenoxy) is 1. The van der Waals surface area contributed by atoms with E-state index in [0.717, 1.165) is 19.2 Å². The maximum atomic E-state index is 11.8. The summed E-state index contributed by atoms with van der Waals surface area (Å²) >= 11 is 0. The number of nitro groups is 1. The van der Waals surface area contributed by atoms with E-state index in [4.69, 9.17) is 0 Å². The second-order valence-corrected chi connectivity index (χ2v) is 6.33. The van der Waals surface area contributed by atoms with Gasteiger partial charge < -0.3 is 14.9 Å². The number of hydrogen-bond acceptors (Lipinski definition) is 8. The van der Waals surface area contributed by atoms with E-state index in [-0.39, 0.29) is 28.2 Å². The lowest BCUT2D eigenvalue weighted by atomic mass is 10.0. The first-order chi connectivity index (χ1) is 14.2. The van der Waals surface area contributed by atoms with E-state index in [9.17, 15) is 29.9 Å². The van der Waals surface area contributed by atoms with Crippen LogP contribution in [0.25, 0.3) is 23.1 Å². The molecule has 0 unspecified atom stereocenters. The minimum absolute atomic E-state index is 0.0433. The number of nitrogens with zero attached hydrogens (tertiary/aromatic N) is 2. The molecule has 0 radical (unpaired) electrons. The van der Waals surface area contributed by atoms with Crippen molar-refractivity contribution in [3.63, 3.8) is 0 Å². The largest absolute Gasteiger partial charge is 0.507 e. The number of aromatic hydroxyl groups is 2. The Labute approximate surface area is 170 Å². The van der Waals surface area contributed by atoms with Gasteiger partial charge in [-0.05, 0) is 49.4 Å². The first kappa shape index (κ1) is 20.5. The molecule has 0 fully saturated rings. The first-order valence-electron chi connectivity index (χ1n) is 8.64. The molecule has 1 aromatic heterocycles. The highest BCUT2D eigenvalue weighted by molar-refractivity contribution is 6.07. The van der Waals surface area contributed by atoms with Gasteiger partial charge in [0.05, 0.1) is 29.4 Å². The zero-order valence-corrected chi connectivity index (χ0v) is 15.9. The van der Waals surface area contributed by atoms with Crippen LogP contribution in [-0.2, 0) is 4.74 Å². The van der Waals surface area contributed by atoms with Crippen LogP contribution >= 0.6 is 0 Å². The number of hydrogen-bond donors (Lipinski definition) is 2. The molecule has 0 atom stereocenters. The summed E-state index contributed by atoms with van der Waals surface area (Å²) in [5, 5.41) is 31.8. The van der Waals surface area contributed by atoms with Gasteiger partial charge in [0.1, 0.15) is 22.6 Å². The normalized spacial score (nSPS) is 11.0. The molecule has 0 aliphatic rings. The van der Waals surface area contributed by atoms with Gasteiger partial charge in [-0.1, -0.05) is 0 Å². The summed E-state index contributed by atoms with van der Waals surface area (Å²) in [6.07, 6.45) is 2.80. The van der Waals surface area contributed by atoms with E-state index in [1.807, 2.05) is 0 Å². The van der Waals surface area contributed by atoms with Crippen molar-refractivity contribution in [1.82, 2.24) is 4.98 Å². The third-order valence-corrected chi connectivity index (χ3v) is 4.42. The Bertz CT molecular complexity index is 1230. The number of carbonyl (C=O) groups is 2. The van der Waals surface area contributed by atoms with Crippen molar-refractivity contribution in [1.29, 1.82) is 0 Å². The molecule has 0 saturated carbocycles. The van der Waals surface area contributed by atoms with E-state index < -0.39 is 22.3 Å². The Morgan fingerprint density at radius 2 is 1.80 bits per heavy atom. The minimum atomic E-state index is -0.845. The van der Waals surface area contributed by atoms with Crippen molar-refractivity contribution >= 4 is 40.5 Å². The van der Waals surface area contributed by atoms with Gasteiger partial charge in [-0.15, -0.1) is 0 Å². The average molecular weight is 408 g/mol. The third kappa shape index (κ3) is 3.81. The predicted molar refractivity (Wildman–Crippen MR) is 108 cm³/mol. The number of phenolic OH excluding ortho intramolecular Hbond substituents is 2. The number of aromatic nitrogens is 1. The highest BCUT2D eigenvalue weighted by Crippen LogP contribution is 2.31. The summed E-state index contributed by atoms with van der Waals surface area (Å²) in [6.45, 7) is 1.41. The van der Waals surface area contributed by atoms with Gasteiger partial charge in [0, 0.05) is 10.9 Å². The van der Waals surface area contributed by atoms with Crippen molar-refractivity contribution in [2.75, 3.05) is 7.11 Å². The Balaban J connectivity index is 2.10. The molecule has 0 saturated heterocycles. The average Bonchev–Trinajstić information content (AvgIpc) is 2.72. The van der Waals surface area contributed by atoms with Gasteiger partial charge in [-0.2, -0.15) is 0 Å². The van der Waals surface area contributed by atoms with Crippen LogP contribution < -0.4 is 0 Å². The second-order valence-electron chi connectivity index (χ2n) is 6.33. The third-order valence-electron chi connectivity index (χ3n) is 4.42. The summed E-state index contributed by atoms with van der Waals surface area (Å²) in [7, 11) is 1.12. The standard InChI is InChI=1S/C21H16N2O7/c1-11(24)14-7-8-18(25)20-15(14)6-5-13(22-20)4-3-12-9-16(21(27)30-2)19(26)10-17(12)23(28)29/h3-10,25-26H,1-2H3. The van der Waals surface area contributed by atoms with E-state index in [0.29, 0.717) is 16.6 Å². The number of carbonyl (C=O) groups excluding carboxylic acids is 2. The van der Waals surface area contributed by atoms with Gasteiger partial charge in [0.15, 0.2) is 5.78 Å². The van der Waals surface area contributed by atoms with Crippen LogP contribution in [0.2, 0.25) is 0 Å². The summed E-state index contributed by atoms with van der Waals surface area (Å²) in [6, 6.07) is 8.08. The van der Waals surface area contributed by atoms with E-state index in [1.165, 1.54) is 31.2 Å². The van der Waals surface area contributed by atoms with Crippen LogP contribution in [0.4, 0.5) is 5.69 Å². The number of phenols is 2. The van der Waals surface area contributed by atoms with Crippen molar-refractivity contribution in [3.8, 4) is 11.5 Å². The van der Waals surface area contributed by atoms with Gasteiger partial charge in [-0.3, -0.25) is 14.9 Å². The molecular weight excluding hydrogens is 392 g/mol. The van der Waals surface area contributed by atoms with Crippen molar-refractivity contribution in [2.24, 2.45) is 0 Å². The molecule has 0 spiro atoms. The fourth-order valence-corrected chi connectivity index (χ4v) is 2.95. The Morgan fingerprint density at radius 1 is 1.07 bits per heavy atom. The monoisotopic (exact) mass is 408 g/mol. The fraction of sp³-hybridized carbons (Fsp3) is 0.0952. The molecule has 0 amide bonds. The van der Waals surface area contributed by atoms with Crippen LogP contribution in [0.5, 0.6) is 11.5 Å². The van der Waals surface area contributed by atoms with E-state index >= 15 is 0 Å². The van der Waals surface area contributed by atoms with Gasteiger partial charge >= 0.3 is 5.97 Å². The van der Waals surface area contributed by atoms with Crippen LogP contribution in [0, 0.1) is 10.1 Å². The van der Waals surface area contributed by atoms with Gasteiger partial charge in [0.25, 0.3) is 5.69 Å². The van der Waals surface area contributed by atoms with Crippen molar-refractivity contribution in [3.05, 3.63) is 68.9 Å². The van der Waals surface area contributed by atoms with Crippen molar-refractivity contribution in [2.45, 2.75) is 6.92 Å². The topological polar surface area (TPSA) is 140 Å². The minimum Gasteiger partial charge on any atom is -0.507 e. The molecule has 3 aromatic rings. The number of nitro benzene ring substituents is 1. The van der Waals surface area contributed by atoms with E-state index in [2.05, 4.69) is 9.72 Å². The molecular formula is C21H16N2O7. The van der Waals surface area contributed by atoms with Crippen LogP contribution in [-0.4, -0.2) is 39.0 Å². The Hall–Kier alpha value is -4.27. The number of benzene rings is 2. The zero-order chi connectivity index (χ0) is 22.0. The zero-order valence-electron chi connectivity index (χ0n) is 15.9. The molecule has 0 aliphatic carbocycles. The quantitative estimate of drug-likeness (QED) is 0.282. The smallest absolute Gasteiger partial charge is 0.341 e. The summed E-state index contributed by atoms with van der Waals surface area (Å²) in [5.41, 5.74) is 0.363. The lowest BCUT2D eigenvalue weighted by Crippen LogP contribution is -2.03. The summed E-state index contributed by atoms with van der Waals surface area (Å²) < 4.78 is 4.57. The molecule has 3 rings (SSSR count). The molecule has 152 valence electrons. The van der Waals surface area contributed by atoms with Crippen molar-refractivity contribution < 1.29 is 29.5 Å². The summed E-state index contributed by atoms with van der Waals surface area (Å²) in [4.78, 5) is 38.5. The predicted octanol–water partition coefficient (Wildman–Crippen LogP) is 3.71. The van der Waals surface area contributed by atoms with Gasteiger partial charge in [-0.25, -0.2) is 9.78 Å². The Morgan fingerprint density at radius 3 is 2.43 bits per heavy atom. The number of Topliss-reactive ketones (excluding diaryl/α,β-unsaturated/α-hetero) is 1. The number of esters is 1. The molecule has 2 N–H and O–H groups in total. The highest BCUT2D eigenvalue weighted by Gasteiger charge is 2.20. The molecule has 9 heteroatoms. The van der Waals surface area contributed by atoms with Crippen LogP contribution in [0.1, 0.15) is 38.9 Å². The summed E-state index contributed by atoms with van der Waals surface area (Å²) in [5.74, 6) is -1.72. The van der Waals surface area contributed by atoms with Crippen LogP contribution in [0.15, 0.2) is 36.4 Å². The molecule has 9 nitrogen and oxygen atoms in total. The maximum absolute atomic E-state index is 11.8. The number of rotatable bonds is 5. The van der Waals surface area contributed by atoms with Crippen LogP contribution in [0.3, 0.4) is 0 Å². The maximum Gasteiger partial charge on any atom is 0.341 e. The fourth-order valence-electron chi connectivity index (χ4n) is 2.95. The first-order valence-corrected chi connectivity index (χ1v) is 8.64. The number of methoxy groups -OCH3 is 1. The van der Waals surface area contributed by atoms with E-state index in [1.54, 1.807) is 12.1 Å². The number of ketones is 1. The molecule has 2 aromatic carbocycles. The highest BCUT2D eigenvalue weighted by atomic mass is 16.6.